The Bertz CT molecular complexity index is 1120. The zero-order valence-electron chi connectivity index (χ0n) is 17.8. The second kappa shape index (κ2) is 9.48. The predicted octanol–water partition coefficient (Wildman–Crippen LogP) is 5.41. The van der Waals surface area contributed by atoms with Crippen LogP contribution >= 0.6 is 0 Å². The van der Waals surface area contributed by atoms with Crippen molar-refractivity contribution in [3.05, 3.63) is 95.6 Å². The molecule has 0 spiro atoms. The molecule has 2 amide bonds. The zero-order chi connectivity index (χ0) is 23.4. The summed E-state index contributed by atoms with van der Waals surface area (Å²) in [5, 5.41) is 3.02. The SMILES string of the molecule is O=C(NC1CCN(C(=O)c2ccccc2-c2ccc(C(F)(F)F)cc2)CC1)c1ccccc1. The first-order valence-corrected chi connectivity index (χ1v) is 10.7. The lowest BCUT2D eigenvalue weighted by molar-refractivity contribution is -0.137. The van der Waals surface area contributed by atoms with Gasteiger partial charge in [-0.2, -0.15) is 13.2 Å². The van der Waals surface area contributed by atoms with Crippen molar-refractivity contribution >= 4 is 11.8 Å². The van der Waals surface area contributed by atoms with E-state index in [9.17, 15) is 22.8 Å². The third-order valence-corrected chi connectivity index (χ3v) is 5.83. The summed E-state index contributed by atoms with van der Waals surface area (Å²) in [6, 6.07) is 20.7. The van der Waals surface area contributed by atoms with Gasteiger partial charge in [-0.3, -0.25) is 9.59 Å². The molecule has 170 valence electrons. The minimum atomic E-state index is -4.41. The Morgan fingerprint density at radius 3 is 2.06 bits per heavy atom. The van der Waals surface area contributed by atoms with Crippen molar-refractivity contribution in [2.45, 2.75) is 25.1 Å². The molecule has 1 fully saturated rings. The van der Waals surface area contributed by atoms with E-state index in [1.54, 1.807) is 41.3 Å². The highest BCUT2D eigenvalue weighted by atomic mass is 19.4. The van der Waals surface area contributed by atoms with Gasteiger partial charge in [0.1, 0.15) is 0 Å². The maximum absolute atomic E-state index is 13.2. The summed E-state index contributed by atoms with van der Waals surface area (Å²) in [6.07, 6.45) is -3.15. The van der Waals surface area contributed by atoms with E-state index in [0.29, 0.717) is 48.2 Å². The molecule has 0 aliphatic carbocycles. The van der Waals surface area contributed by atoms with E-state index in [4.69, 9.17) is 0 Å². The summed E-state index contributed by atoms with van der Waals surface area (Å²) >= 11 is 0. The molecule has 33 heavy (non-hydrogen) atoms. The lowest BCUT2D eigenvalue weighted by Crippen LogP contribution is -2.46. The molecule has 0 atom stereocenters. The normalized spacial score (nSPS) is 14.7. The first kappa shape index (κ1) is 22.6. The number of rotatable bonds is 4. The van der Waals surface area contributed by atoms with E-state index in [1.807, 2.05) is 18.2 Å². The van der Waals surface area contributed by atoms with Gasteiger partial charge in [-0.1, -0.05) is 48.5 Å². The molecule has 3 aromatic carbocycles. The zero-order valence-corrected chi connectivity index (χ0v) is 17.8. The fraction of sp³-hybridized carbons (Fsp3) is 0.231. The van der Waals surface area contributed by atoms with Crippen LogP contribution in [0.25, 0.3) is 11.1 Å². The van der Waals surface area contributed by atoms with Crippen LogP contribution < -0.4 is 5.32 Å². The van der Waals surface area contributed by atoms with Crippen LogP contribution in [0.15, 0.2) is 78.9 Å². The Hall–Kier alpha value is -3.61. The third kappa shape index (κ3) is 5.25. The molecule has 0 saturated carbocycles. The Labute approximate surface area is 190 Å². The molecular formula is C26H23F3N2O2. The van der Waals surface area contributed by atoms with E-state index in [1.165, 1.54) is 12.1 Å². The van der Waals surface area contributed by atoms with Gasteiger partial charge >= 0.3 is 6.18 Å². The number of hydrogen-bond donors (Lipinski definition) is 1. The van der Waals surface area contributed by atoms with Gasteiger partial charge in [0, 0.05) is 30.3 Å². The molecule has 3 aromatic rings. The Morgan fingerprint density at radius 1 is 0.818 bits per heavy atom. The number of piperidine rings is 1. The maximum atomic E-state index is 13.2. The third-order valence-electron chi connectivity index (χ3n) is 5.83. The molecule has 1 aliphatic rings. The number of likely N-dealkylation sites (tertiary alicyclic amines) is 1. The van der Waals surface area contributed by atoms with E-state index in [2.05, 4.69) is 5.32 Å². The summed E-state index contributed by atoms with van der Waals surface area (Å²) in [6.45, 7) is 0.972. The fourth-order valence-corrected chi connectivity index (χ4v) is 4.02. The van der Waals surface area contributed by atoms with Crippen LogP contribution in [0, 0.1) is 0 Å². The minimum absolute atomic E-state index is 0.0214. The smallest absolute Gasteiger partial charge is 0.349 e. The number of halogens is 3. The molecular weight excluding hydrogens is 429 g/mol. The quantitative estimate of drug-likeness (QED) is 0.576. The first-order valence-electron chi connectivity index (χ1n) is 10.7. The van der Waals surface area contributed by atoms with Gasteiger partial charge in [-0.05, 0) is 54.3 Å². The van der Waals surface area contributed by atoms with Crippen LogP contribution in [0.2, 0.25) is 0 Å². The topological polar surface area (TPSA) is 49.4 Å². The van der Waals surface area contributed by atoms with Crippen molar-refractivity contribution in [1.29, 1.82) is 0 Å². The van der Waals surface area contributed by atoms with Gasteiger partial charge < -0.3 is 10.2 Å². The van der Waals surface area contributed by atoms with Gasteiger partial charge in [-0.25, -0.2) is 0 Å². The van der Waals surface area contributed by atoms with Gasteiger partial charge in [0.15, 0.2) is 0 Å². The molecule has 1 N–H and O–H groups in total. The van der Waals surface area contributed by atoms with Gasteiger partial charge in [0.05, 0.1) is 5.56 Å². The average molecular weight is 452 g/mol. The number of amides is 2. The first-order chi connectivity index (χ1) is 15.8. The van der Waals surface area contributed by atoms with Crippen molar-refractivity contribution < 1.29 is 22.8 Å². The van der Waals surface area contributed by atoms with Gasteiger partial charge in [0.2, 0.25) is 0 Å². The van der Waals surface area contributed by atoms with Crippen molar-refractivity contribution in [1.82, 2.24) is 10.2 Å². The summed E-state index contributed by atoms with van der Waals surface area (Å²) in [5.74, 6) is -0.300. The van der Waals surface area contributed by atoms with E-state index >= 15 is 0 Å². The number of alkyl halides is 3. The largest absolute Gasteiger partial charge is 0.416 e. The lowest BCUT2D eigenvalue weighted by atomic mass is 9.96. The summed E-state index contributed by atoms with van der Waals surface area (Å²) in [7, 11) is 0. The number of nitrogens with zero attached hydrogens (tertiary/aromatic N) is 1. The number of benzene rings is 3. The Kier molecular flexibility index (Phi) is 6.49. The van der Waals surface area contributed by atoms with Crippen LogP contribution in [0.1, 0.15) is 39.1 Å². The summed E-state index contributed by atoms with van der Waals surface area (Å²) < 4.78 is 38.7. The molecule has 4 nitrogen and oxygen atoms in total. The van der Waals surface area contributed by atoms with E-state index < -0.39 is 11.7 Å². The molecule has 1 heterocycles. The minimum Gasteiger partial charge on any atom is -0.349 e. The average Bonchev–Trinajstić information content (AvgIpc) is 2.84. The predicted molar refractivity (Wildman–Crippen MR) is 120 cm³/mol. The highest BCUT2D eigenvalue weighted by molar-refractivity contribution is 6.01. The molecule has 0 radical (unpaired) electrons. The van der Waals surface area contributed by atoms with Crippen molar-refractivity contribution in [2.24, 2.45) is 0 Å². The Morgan fingerprint density at radius 2 is 1.42 bits per heavy atom. The number of carbonyl (C=O) groups is 2. The maximum Gasteiger partial charge on any atom is 0.416 e. The van der Waals surface area contributed by atoms with Gasteiger partial charge in [-0.15, -0.1) is 0 Å². The summed E-state index contributed by atoms with van der Waals surface area (Å²) in [5.41, 5.74) is 1.47. The molecule has 1 saturated heterocycles. The molecule has 0 unspecified atom stereocenters. The second-order valence-corrected chi connectivity index (χ2v) is 8.03. The van der Waals surface area contributed by atoms with Gasteiger partial charge in [0.25, 0.3) is 11.8 Å². The van der Waals surface area contributed by atoms with Crippen LogP contribution in [0.4, 0.5) is 13.2 Å². The number of carbonyl (C=O) groups excluding carboxylic acids is 2. The number of nitrogens with one attached hydrogen (secondary N) is 1. The highest BCUT2D eigenvalue weighted by Crippen LogP contribution is 2.32. The second-order valence-electron chi connectivity index (χ2n) is 8.03. The Balaban J connectivity index is 1.43. The van der Waals surface area contributed by atoms with Crippen LogP contribution in [0.5, 0.6) is 0 Å². The monoisotopic (exact) mass is 452 g/mol. The summed E-state index contributed by atoms with van der Waals surface area (Å²) in [4.78, 5) is 27.3. The van der Waals surface area contributed by atoms with Crippen LogP contribution in [-0.2, 0) is 6.18 Å². The van der Waals surface area contributed by atoms with Crippen molar-refractivity contribution in [2.75, 3.05) is 13.1 Å². The molecule has 7 heteroatoms. The van der Waals surface area contributed by atoms with Crippen LogP contribution in [0.3, 0.4) is 0 Å². The van der Waals surface area contributed by atoms with Crippen molar-refractivity contribution in [3.8, 4) is 11.1 Å². The van der Waals surface area contributed by atoms with E-state index in [-0.39, 0.29) is 17.9 Å². The molecule has 1 aliphatic heterocycles. The standard InChI is InChI=1S/C26H23F3N2O2/c27-26(28,29)20-12-10-18(11-13-20)22-8-4-5-9-23(22)25(33)31-16-14-21(15-17-31)30-24(32)19-6-2-1-3-7-19/h1-13,21H,14-17H2,(H,30,32). The molecule has 0 aromatic heterocycles. The fourth-order valence-electron chi connectivity index (χ4n) is 4.02. The van der Waals surface area contributed by atoms with E-state index in [0.717, 1.165) is 12.1 Å². The molecule has 0 bridgehead atoms. The molecule has 4 rings (SSSR count). The highest BCUT2D eigenvalue weighted by Gasteiger charge is 2.30. The van der Waals surface area contributed by atoms with Crippen molar-refractivity contribution in [3.63, 3.8) is 0 Å². The number of hydrogen-bond acceptors (Lipinski definition) is 2. The lowest BCUT2D eigenvalue weighted by Gasteiger charge is -2.33. The van der Waals surface area contributed by atoms with Crippen LogP contribution in [-0.4, -0.2) is 35.8 Å².